The van der Waals surface area contributed by atoms with Crippen LogP contribution in [0.5, 0.6) is 0 Å². The summed E-state index contributed by atoms with van der Waals surface area (Å²) < 4.78 is 27.9. The predicted molar refractivity (Wildman–Crippen MR) is 96.3 cm³/mol. The highest BCUT2D eigenvalue weighted by Crippen LogP contribution is 2.25. The highest BCUT2D eigenvalue weighted by atomic mass is 79.9. The number of halogens is 1. The van der Waals surface area contributed by atoms with Crippen molar-refractivity contribution in [3.05, 3.63) is 58.6 Å². The quantitative estimate of drug-likeness (QED) is 0.801. The Kier molecular flexibility index (Phi) is 4.75. The largest absolute Gasteiger partial charge is 0.369 e. The van der Waals surface area contributed by atoms with Crippen molar-refractivity contribution in [2.75, 3.05) is 31.1 Å². The van der Waals surface area contributed by atoms with Gasteiger partial charge in [-0.3, -0.25) is 0 Å². The van der Waals surface area contributed by atoms with Crippen LogP contribution in [0, 0.1) is 6.92 Å². The zero-order valence-electron chi connectivity index (χ0n) is 12.9. The summed E-state index contributed by atoms with van der Waals surface area (Å²) in [6.07, 6.45) is 0. The summed E-state index contributed by atoms with van der Waals surface area (Å²) in [4.78, 5) is 2.59. The Morgan fingerprint density at radius 2 is 1.61 bits per heavy atom. The molecule has 23 heavy (non-hydrogen) atoms. The number of sulfonamides is 1. The summed E-state index contributed by atoms with van der Waals surface area (Å²) in [5.41, 5.74) is 2.32. The normalized spacial score (nSPS) is 16.5. The van der Waals surface area contributed by atoms with Crippen molar-refractivity contribution in [3.63, 3.8) is 0 Å². The summed E-state index contributed by atoms with van der Waals surface area (Å²) in [6.45, 7) is 4.45. The van der Waals surface area contributed by atoms with Crippen LogP contribution in [0.3, 0.4) is 0 Å². The van der Waals surface area contributed by atoms with Gasteiger partial charge in [0.15, 0.2) is 0 Å². The van der Waals surface area contributed by atoms with Gasteiger partial charge in [-0.1, -0.05) is 40.2 Å². The van der Waals surface area contributed by atoms with Gasteiger partial charge >= 0.3 is 0 Å². The van der Waals surface area contributed by atoms with E-state index >= 15 is 0 Å². The van der Waals surface area contributed by atoms with E-state index in [2.05, 4.69) is 46.0 Å². The molecule has 6 heteroatoms. The van der Waals surface area contributed by atoms with Crippen LogP contribution >= 0.6 is 15.9 Å². The minimum Gasteiger partial charge on any atom is -0.369 e. The lowest BCUT2D eigenvalue weighted by Crippen LogP contribution is -2.48. The van der Waals surface area contributed by atoms with Gasteiger partial charge in [0.25, 0.3) is 0 Å². The molecule has 3 rings (SSSR count). The number of anilines is 1. The third-order valence-electron chi connectivity index (χ3n) is 4.14. The van der Waals surface area contributed by atoms with Crippen molar-refractivity contribution in [3.8, 4) is 0 Å². The molecule has 1 aliphatic rings. The molecule has 0 aromatic heterocycles. The third kappa shape index (κ3) is 3.44. The molecule has 2 aromatic carbocycles. The maximum atomic E-state index is 12.6. The second-order valence-corrected chi connectivity index (χ2v) is 8.43. The Hall–Kier alpha value is -1.37. The molecule has 0 unspecified atom stereocenters. The maximum absolute atomic E-state index is 12.6. The first-order chi connectivity index (χ1) is 11.0. The summed E-state index contributed by atoms with van der Waals surface area (Å²) in [6, 6.07) is 14.9. The number of rotatable bonds is 3. The molecule has 1 heterocycles. The topological polar surface area (TPSA) is 40.6 Å². The molecular formula is C17H19BrN2O2S. The van der Waals surface area contributed by atoms with E-state index in [1.165, 1.54) is 5.56 Å². The van der Waals surface area contributed by atoms with Gasteiger partial charge in [0.1, 0.15) is 0 Å². The molecule has 0 spiro atoms. The minimum absolute atomic E-state index is 0.367. The Bertz CT molecular complexity index is 785. The van der Waals surface area contributed by atoms with Gasteiger partial charge < -0.3 is 4.90 Å². The first-order valence-corrected chi connectivity index (χ1v) is 9.78. The van der Waals surface area contributed by atoms with E-state index in [1.54, 1.807) is 28.6 Å². The molecule has 1 saturated heterocycles. The van der Waals surface area contributed by atoms with E-state index in [-0.39, 0.29) is 0 Å². The fourth-order valence-corrected chi connectivity index (χ4v) is 4.52. The van der Waals surface area contributed by atoms with Crippen molar-refractivity contribution >= 4 is 31.6 Å². The average molecular weight is 395 g/mol. The Morgan fingerprint density at radius 3 is 2.22 bits per heavy atom. The van der Waals surface area contributed by atoms with E-state index in [0.29, 0.717) is 31.1 Å². The molecule has 0 amide bonds. The molecule has 2 aromatic rings. The molecule has 0 bridgehead atoms. The first-order valence-electron chi connectivity index (χ1n) is 7.55. The van der Waals surface area contributed by atoms with Gasteiger partial charge in [0, 0.05) is 36.3 Å². The van der Waals surface area contributed by atoms with E-state index in [9.17, 15) is 8.42 Å². The second-order valence-electron chi connectivity index (χ2n) is 5.64. The lowest BCUT2D eigenvalue weighted by molar-refractivity contribution is 0.385. The van der Waals surface area contributed by atoms with Crippen molar-refractivity contribution in [1.82, 2.24) is 4.31 Å². The smallest absolute Gasteiger partial charge is 0.243 e. The van der Waals surface area contributed by atoms with Crippen LogP contribution in [0.2, 0.25) is 0 Å². The fourth-order valence-electron chi connectivity index (χ4n) is 2.71. The van der Waals surface area contributed by atoms with Gasteiger partial charge in [-0.05, 0) is 36.8 Å². The number of piperazine rings is 1. The lowest BCUT2D eigenvalue weighted by atomic mass is 10.2. The van der Waals surface area contributed by atoms with E-state index in [0.717, 1.165) is 10.2 Å². The zero-order valence-corrected chi connectivity index (χ0v) is 15.3. The van der Waals surface area contributed by atoms with Crippen LogP contribution in [0.25, 0.3) is 0 Å². The van der Waals surface area contributed by atoms with Gasteiger partial charge in [0.2, 0.25) is 10.0 Å². The van der Waals surface area contributed by atoms with E-state index in [4.69, 9.17) is 0 Å². The fraction of sp³-hybridized carbons (Fsp3) is 0.294. The van der Waals surface area contributed by atoms with Crippen LogP contribution in [-0.2, 0) is 10.0 Å². The Morgan fingerprint density at radius 1 is 0.957 bits per heavy atom. The molecule has 0 N–H and O–H groups in total. The van der Waals surface area contributed by atoms with Crippen molar-refractivity contribution in [1.29, 1.82) is 0 Å². The first kappa shape index (κ1) is 16.5. The minimum atomic E-state index is -3.39. The van der Waals surface area contributed by atoms with Gasteiger partial charge in [-0.15, -0.1) is 0 Å². The molecule has 0 aliphatic carbocycles. The van der Waals surface area contributed by atoms with Crippen molar-refractivity contribution in [2.24, 2.45) is 0 Å². The zero-order chi connectivity index (χ0) is 16.4. The molecular weight excluding hydrogens is 376 g/mol. The molecule has 0 radical (unpaired) electrons. The summed E-state index contributed by atoms with van der Waals surface area (Å²) >= 11 is 3.55. The van der Waals surface area contributed by atoms with Crippen molar-refractivity contribution in [2.45, 2.75) is 11.8 Å². The van der Waals surface area contributed by atoms with Gasteiger partial charge in [-0.2, -0.15) is 4.31 Å². The van der Waals surface area contributed by atoms with Gasteiger partial charge in [0.05, 0.1) is 4.90 Å². The molecule has 1 fully saturated rings. The highest BCUT2D eigenvalue weighted by Gasteiger charge is 2.28. The van der Waals surface area contributed by atoms with Crippen LogP contribution in [0.4, 0.5) is 5.69 Å². The monoisotopic (exact) mass is 394 g/mol. The van der Waals surface area contributed by atoms with Crippen LogP contribution < -0.4 is 4.90 Å². The number of benzene rings is 2. The summed E-state index contributed by atoms with van der Waals surface area (Å²) in [7, 11) is -3.39. The van der Waals surface area contributed by atoms with Crippen molar-refractivity contribution < 1.29 is 8.42 Å². The molecule has 0 atom stereocenters. The second kappa shape index (κ2) is 6.63. The van der Waals surface area contributed by atoms with E-state index in [1.807, 2.05) is 6.07 Å². The summed E-state index contributed by atoms with van der Waals surface area (Å²) in [5, 5.41) is 0. The Balaban J connectivity index is 1.72. The van der Waals surface area contributed by atoms with Crippen LogP contribution in [-0.4, -0.2) is 38.9 Å². The Labute approximate surface area is 145 Å². The highest BCUT2D eigenvalue weighted by molar-refractivity contribution is 9.10. The standard InChI is InChI=1S/C17H19BrN2O2S/c1-14-7-8-15(13-17(14)18)19-9-11-20(12-10-19)23(21,22)16-5-3-2-4-6-16/h2-8,13H,9-12H2,1H3. The third-order valence-corrected chi connectivity index (χ3v) is 6.91. The molecule has 0 saturated carbocycles. The average Bonchev–Trinajstić information content (AvgIpc) is 2.58. The van der Waals surface area contributed by atoms with E-state index < -0.39 is 10.0 Å². The number of aryl methyl sites for hydroxylation is 1. The predicted octanol–water partition coefficient (Wildman–Crippen LogP) is 3.27. The van der Waals surface area contributed by atoms with Crippen LogP contribution in [0.15, 0.2) is 57.9 Å². The number of hydrogen-bond acceptors (Lipinski definition) is 3. The molecule has 1 aliphatic heterocycles. The van der Waals surface area contributed by atoms with Gasteiger partial charge in [-0.25, -0.2) is 8.42 Å². The lowest BCUT2D eigenvalue weighted by Gasteiger charge is -2.35. The molecule has 122 valence electrons. The number of hydrogen-bond donors (Lipinski definition) is 0. The molecule has 4 nitrogen and oxygen atoms in total. The maximum Gasteiger partial charge on any atom is 0.243 e. The SMILES string of the molecule is Cc1ccc(N2CCN(S(=O)(=O)c3ccccc3)CC2)cc1Br. The van der Waals surface area contributed by atoms with Crippen LogP contribution in [0.1, 0.15) is 5.56 Å². The number of nitrogens with zero attached hydrogens (tertiary/aromatic N) is 2. The summed E-state index contributed by atoms with van der Waals surface area (Å²) in [5.74, 6) is 0.